The van der Waals surface area contributed by atoms with E-state index in [2.05, 4.69) is 6.08 Å². The Morgan fingerprint density at radius 2 is 1.90 bits per heavy atom. The van der Waals surface area contributed by atoms with Gasteiger partial charge in [-0.3, -0.25) is 0 Å². The van der Waals surface area contributed by atoms with E-state index in [4.69, 9.17) is 24.5 Å². The van der Waals surface area contributed by atoms with Crippen molar-refractivity contribution in [2.45, 2.75) is 25.9 Å². The van der Waals surface area contributed by atoms with Gasteiger partial charge in [-0.05, 0) is 60.7 Å². The summed E-state index contributed by atoms with van der Waals surface area (Å²) in [6.07, 6.45) is 2.67. The summed E-state index contributed by atoms with van der Waals surface area (Å²) in [5.41, 5.74) is 4.87. The Balaban J connectivity index is 1.83. The molecule has 31 heavy (non-hydrogen) atoms. The number of aromatic nitrogens is 1. The van der Waals surface area contributed by atoms with E-state index >= 15 is 0 Å². The second-order valence-electron chi connectivity index (χ2n) is 7.29. The number of nitrogens with zero attached hydrogens (tertiary/aromatic N) is 2. The van der Waals surface area contributed by atoms with Crippen LogP contribution in [0, 0.1) is 11.3 Å². The Bertz CT molecular complexity index is 1240. The molecule has 0 fully saturated rings. The van der Waals surface area contributed by atoms with Crippen molar-refractivity contribution in [3.63, 3.8) is 0 Å². The molecule has 0 aliphatic heterocycles. The molecule has 156 valence electrons. The van der Waals surface area contributed by atoms with Crippen molar-refractivity contribution < 1.29 is 19.0 Å². The molecule has 1 atom stereocenters. The van der Waals surface area contributed by atoms with Crippen molar-refractivity contribution in [1.82, 2.24) is 4.98 Å². The van der Waals surface area contributed by atoms with Gasteiger partial charge >= 0.3 is 5.97 Å². The van der Waals surface area contributed by atoms with Crippen LogP contribution in [0.3, 0.4) is 0 Å². The van der Waals surface area contributed by atoms with Gasteiger partial charge in [0, 0.05) is 5.39 Å². The summed E-state index contributed by atoms with van der Waals surface area (Å²) in [5.74, 6) is 0.824. The lowest BCUT2D eigenvalue weighted by molar-refractivity contribution is 0.0436. The van der Waals surface area contributed by atoms with Crippen molar-refractivity contribution in [2.75, 3.05) is 14.2 Å². The zero-order valence-corrected chi connectivity index (χ0v) is 17.6. The number of esters is 1. The van der Waals surface area contributed by atoms with E-state index in [1.54, 1.807) is 21.1 Å². The second kappa shape index (κ2) is 8.49. The normalized spacial score (nSPS) is 14.7. The van der Waals surface area contributed by atoms with E-state index in [1.807, 2.05) is 48.5 Å². The molecule has 0 saturated heterocycles. The number of fused-ring (bicyclic) bond motifs is 2. The van der Waals surface area contributed by atoms with Crippen molar-refractivity contribution in [3.05, 3.63) is 64.8 Å². The number of carbonyl (C=O) groups is 1. The zero-order valence-electron chi connectivity index (χ0n) is 17.6. The van der Waals surface area contributed by atoms with Crippen LogP contribution in [0.4, 0.5) is 0 Å². The first kappa shape index (κ1) is 20.4. The lowest BCUT2D eigenvalue weighted by Gasteiger charge is -2.13. The molecule has 6 nitrogen and oxygen atoms in total. The number of nitriles is 1. The fraction of sp³-hybridized carbons (Fsp3) is 0.240. The van der Waals surface area contributed by atoms with Gasteiger partial charge in [-0.2, -0.15) is 5.26 Å². The largest absolute Gasteiger partial charge is 0.493 e. The highest BCUT2D eigenvalue weighted by Gasteiger charge is 2.28. The SMILES string of the molecule is COc1ccc(/C=C2\CCc3c2nc2ccccc2c3C(=O)O[C@@H](C)C#N)cc1OC. The van der Waals surface area contributed by atoms with Crippen molar-refractivity contribution >= 4 is 28.5 Å². The number of carbonyl (C=O) groups excluding carboxylic acids is 1. The molecular weight excluding hydrogens is 392 g/mol. The summed E-state index contributed by atoms with van der Waals surface area (Å²) >= 11 is 0. The molecule has 1 aliphatic rings. The topological polar surface area (TPSA) is 81.4 Å². The fourth-order valence-corrected chi connectivity index (χ4v) is 3.90. The Morgan fingerprint density at radius 1 is 1.13 bits per heavy atom. The number of para-hydroxylation sites is 1. The predicted molar refractivity (Wildman–Crippen MR) is 118 cm³/mol. The fourth-order valence-electron chi connectivity index (χ4n) is 3.90. The minimum atomic E-state index is -0.821. The standard InChI is InChI=1S/C25H22N2O4/c1-15(14-26)31-25(28)23-18-6-4-5-7-20(18)27-24-17(9-10-19(23)24)12-16-8-11-21(29-2)22(13-16)30-3/h4-8,11-13,15H,9-10H2,1-3H3/b17-12+/t15-/m0/s1. The van der Waals surface area contributed by atoms with Crippen LogP contribution in [0.1, 0.15) is 40.5 Å². The molecule has 0 bridgehead atoms. The molecule has 2 aromatic carbocycles. The van der Waals surface area contributed by atoms with Crippen molar-refractivity contribution in [1.29, 1.82) is 5.26 Å². The second-order valence-corrected chi connectivity index (χ2v) is 7.29. The monoisotopic (exact) mass is 414 g/mol. The number of hydrogen-bond donors (Lipinski definition) is 0. The molecule has 0 radical (unpaired) electrons. The smallest absolute Gasteiger partial charge is 0.340 e. The van der Waals surface area contributed by atoms with Gasteiger partial charge in [-0.1, -0.05) is 24.3 Å². The van der Waals surface area contributed by atoms with E-state index < -0.39 is 12.1 Å². The Hall–Kier alpha value is -3.85. The van der Waals surface area contributed by atoms with Gasteiger partial charge in [0.2, 0.25) is 0 Å². The third-order valence-corrected chi connectivity index (χ3v) is 5.36. The first-order chi connectivity index (χ1) is 15.0. The summed E-state index contributed by atoms with van der Waals surface area (Å²) in [5, 5.41) is 9.80. The predicted octanol–water partition coefficient (Wildman–Crippen LogP) is 4.81. The highest BCUT2D eigenvalue weighted by atomic mass is 16.5. The quantitative estimate of drug-likeness (QED) is 0.558. The highest BCUT2D eigenvalue weighted by Crippen LogP contribution is 2.38. The van der Waals surface area contributed by atoms with Gasteiger partial charge in [0.05, 0.1) is 31.0 Å². The first-order valence-corrected chi connectivity index (χ1v) is 10.0. The maximum absolute atomic E-state index is 13.0. The molecule has 0 spiro atoms. The number of pyridine rings is 1. The first-order valence-electron chi connectivity index (χ1n) is 10.0. The summed E-state index contributed by atoms with van der Waals surface area (Å²) in [7, 11) is 3.21. The van der Waals surface area contributed by atoms with E-state index in [9.17, 15) is 4.79 Å². The lowest BCUT2D eigenvalue weighted by atomic mass is 10.0. The number of methoxy groups -OCH3 is 2. The van der Waals surface area contributed by atoms with Crippen molar-refractivity contribution in [2.24, 2.45) is 0 Å². The average Bonchev–Trinajstić information content (AvgIpc) is 3.18. The van der Waals surface area contributed by atoms with Gasteiger partial charge < -0.3 is 14.2 Å². The molecule has 1 aliphatic carbocycles. The van der Waals surface area contributed by atoms with Gasteiger partial charge in [-0.15, -0.1) is 0 Å². The third-order valence-electron chi connectivity index (χ3n) is 5.36. The number of ether oxygens (including phenoxy) is 3. The minimum absolute atomic E-state index is 0.490. The van der Waals surface area contributed by atoms with Crippen LogP contribution >= 0.6 is 0 Å². The lowest BCUT2D eigenvalue weighted by Crippen LogP contribution is -2.16. The Labute approximate surface area is 180 Å². The molecule has 0 saturated carbocycles. The van der Waals surface area contributed by atoms with Gasteiger partial charge in [0.15, 0.2) is 17.6 Å². The van der Waals surface area contributed by atoms with Crippen LogP contribution in [0.15, 0.2) is 42.5 Å². The van der Waals surface area contributed by atoms with Crippen molar-refractivity contribution in [3.8, 4) is 17.6 Å². The molecule has 6 heteroatoms. The van der Waals surface area contributed by atoms with Crippen LogP contribution < -0.4 is 9.47 Å². The highest BCUT2D eigenvalue weighted by molar-refractivity contribution is 6.07. The maximum atomic E-state index is 13.0. The summed E-state index contributed by atoms with van der Waals surface area (Å²) in [4.78, 5) is 17.8. The van der Waals surface area contributed by atoms with Crippen LogP contribution in [-0.2, 0) is 11.2 Å². The Kier molecular flexibility index (Phi) is 5.59. The van der Waals surface area contributed by atoms with Gasteiger partial charge in [0.25, 0.3) is 0 Å². The Morgan fingerprint density at radius 3 is 2.65 bits per heavy atom. The van der Waals surface area contributed by atoms with E-state index in [-0.39, 0.29) is 0 Å². The van der Waals surface area contributed by atoms with Crippen LogP contribution in [0.2, 0.25) is 0 Å². The molecule has 0 unspecified atom stereocenters. The van der Waals surface area contributed by atoms with E-state index in [0.717, 1.165) is 39.7 Å². The molecule has 0 N–H and O–H groups in total. The van der Waals surface area contributed by atoms with Crippen LogP contribution in [0.25, 0.3) is 22.6 Å². The summed E-state index contributed by atoms with van der Waals surface area (Å²) in [6, 6.07) is 15.2. The third kappa shape index (κ3) is 3.82. The molecule has 0 amide bonds. The van der Waals surface area contributed by atoms with E-state index in [0.29, 0.717) is 23.5 Å². The summed E-state index contributed by atoms with van der Waals surface area (Å²) < 4.78 is 16.1. The van der Waals surface area contributed by atoms with Crippen LogP contribution in [-0.4, -0.2) is 31.3 Å². The summed E-state index contributed by atoms with van der Waals surface area (Å²) in [6.45, 7) is 1.56. The maximum Gasteiger partial charge on any atom is 0.340 e. The number of allylic oxidation sites excluding steroid dienone is 1. The number of benzene rings is 2. The van der Waals surface area contributed by atoms with Gasteiger partial charge in [-0.25, -0.2) is 9.78 Å². The molecule has 4 rings (SSSR count). The van der Waals surface area contributed by atoms with Crippen LogP contribution in [0.5, 0.6) is 11.5 Å². The zero-order chi connectivity index (χ0) is 22.0. The minimum Gasteiger partial charge on any atom is -0.493 e. The molecule has 3 aromatic rings. The molecular formula is C25H22N2O4. The average molecular weight is 414 g/mol. The van der Waals surface area contributed by atoms with Gasteiger partial charge in [0.1, 0.15) is 6.07 Å². The number of hydrogen-bond acceptors (Lipinski definition) is 6. The molecule has 1 heterocycles. The number of rotatable bonds is 5. The van der Waals surface area contributed by atoms with E-state index in [1.165, 1.54) is 0 Å². The molecule has 1 aromatic heterocycles.